The zero-order valence-electron chi connectivity index (χ0n) is 20.1. The van der Waals surface area contributed by atoms with Gasteiger partial charge in [-0.1, -0.05) is 60.7 Å². The first-order valence-corrected chi connectivity index (χ1v) is 12.9. The van der Waals surface area contributed by atoms with E-state index in [0.717, 1.165) is 23.3 Å². The molecule has 0 atom stereocenters. The highest BCUT2D eigenvalue weighted by molar-refractivity contribution is 7.89. The van der Waals surface area contributed by atoms with Crippen molar-refractivity contribution in [2.75, 3.05) is 5.43 Å². The van der Waals surface area contributed by atoms with E-state index in [1.807, 2.05) is 60.7 Å². The Morgan fingerprint density at radius 2 is 1.45 bits per heavy atom. The first-order chi connectivity index (χ1) is 18.3. The highest BCUT2D eigenvalue weighted by Crippen LogP contribution is 2.30. The number of benzene rings is 4. The van der Waals surface area contributed by atoms with E-state index >= 15 is 0 Å². The number of hydrogen-bond acceptors (Lipinski definition) is 8. The van der Waals surface area contributed by atoms with Crippen molar-refractivity contribution >= 4 is 27.6 Å². The molecule has 0 bridgehead atoms. The van der Waals surface area contributed by atoms with Gasteiger partial charge in [0.15, 0.2) is 11.5 Å². The molecule has 0 spiro atoms. The van der Waals surface area contributed by atoms with E-state index in [2.05, 4.69) is 10.5 Å². The Morgan fingerprint density at radius 3 is 2.03 bits per heavy atom. The van der Waals surface area contributed by atoms with Gasteiger partial charge in [0.1, 0.15) is 18.9 Å². The maximum absolute atomic E-state index is 11.5. The van der Waals surface area contributed by atoms with Crippen LogP contribution in [0.2, 0.25) is 0 Å². The summed E-state index contributed by atoms with van der Waals surface area (Å²) in [5.74, 6) is 1.04. The molecule has 0 aromatic heterocycles. The first-order valence-electron chi connectivity index (χ1n) is 11.4. The van der Waals surface area contributed by atoms with Crippen molar-refractivity contribution in [2.24, 2.45) is 10.2 Å². The number of hydrogen-bond donors (Lipinski definition) is 2. The highest BCUT2D eigenvalue weighted by Gasteiger charge is 2.19. The average Bonchev–Trinajstić information content (AvgIpc) is 2.92. The van der Waals surface area contributed by atoms with Crippen molar-refractivity contribution in [3.63, 3.8) is 0 Å². The number of hydrazone groups is 1. The number of ether oxygens (including phenoxy) is 2. The van der Waals surface area contributed by atoms with Crippen LogP contribution >= 0.6 is 0 Å². The fraction of sp³-hybridized carbons (Fsp3) is 0.0741. The van der Waals surface area contributed by atoms with Crippen molar-refractivity contribution in [1.82, 2.24) is 0 Å². The smallest absolute Gasteiger partial charge is 0.295 e. The monoisotopic (exact) mass is 532 g/mol. The molecule has 0 unspecified atom stereocenters. The molecule has 0 aliphatic heterocycles. The Balaban J connectivity index is 1.53. The molecule has 194 valence electrons. The van der Waals surface area contributed by atoms with Gasteiger partial charge in [-0.15, -0.1) is 0 Å². The van der Waals surface area contributed by atoms with Gasteiger partial charge in [-0.05, 0) is 47.0 Å². The van der Waals surface area contributed by atoms with Crippen molar-refractivity contribution in [1.29, 1.82) is 0 Å². The third-order valence-corrected chi connectivity index (χ3v) is 6.25. The predicted molar refractivity (Wildman–Crippen MR) is 144 cm³/mol. The van der Waals surface area contributed by atoms with Gasteiger partial charge in [0.05, 0.1) is 16.0 Å². The molecule has 4 aromatic rings. The Bertz CT molecular complexity index is 1540. The number of nitro benzene ring substituents is 1. The zero-order chi connectivity index (χ0) is 27.0. The molecular weight excluding hydrogens is 508 g/mol. The molecular formula is C27H24N4O6S. The second kappa shape index (κ2) is 12.0. The molecule has 10 nitrogen and oxygen atoms in total. The maximum atomic E-state index is 11.5. The summed E-state index contributed by atoms with van der Waals surface area (Å²) in [5.41, 5.74) is 4.73. The van der Waals surface area contributed by atoms with Gasteiger partial charge in [0.25, 0.3) is 5.69 Å². The first kappa shape index (κ1) is 26.3. The number of nitrogens with one attached hydrogen (secondary N) is 1. The lowest BCUT2D eigenvalue weighted by molar-refractivity contribution is -0.384. The Morgan fingerprint density at radius 1 is 0.842 bits per heavy atom. The van der Waals surface area contributed by atoms with E-state index in [1.54, 1.807) is 18.2 Å². The fourth-order valence-corrected chi connectivity index (χ4v) is 3.95. The maximum Gasteiger partial charge on any atom is 0.295 e. The molecule has 0 aliphatic rings. The largest absolute Gasteiger partial charge is 0.485 e. The minimum Gasteiger partial charge on any atom is -0.485 e. The quantitative estimate of drug-likeness (QED) is 0.160. The van der Waals surface area contributed by atoms with Crippen LogP contribution in [0.3, 0.4) is 0 Å². The van der Waals surface area contributed by atoms with Gasteiger partial charge in [-0.3, -0.25) is 15.5 Å². The SMILES string of the molecule is NS(=O)(=O)c1ccc(N/N=C/c2ccc(OCc3ccccc3)c(OCc3ccccc3)c2)c([N+](=O)[O-])c1. The summed E-state index contributed by atoms with van der Waals surface area (Å²) in [6.07, 6.45) is 1.45. The second-order valence-electron chi connectivity index (χ2n) is 8.11. The molecule has 0 fully saturated rings. The average molecular weight is 533 g/mol. The summed E-state index contributed by atoms with van der Waals surface area (Å²) in [5, 5.41) is 20.6. The van der Waals surface area contributed by atoms with Crippen LogP contribution in [0.1, 0.15) is 16.7 Å². The van der Waals surface area contributed by atoms with Gasteiger partial charge in [0.2, 0.25) is 10.0 Å². The van der Waals surface area contributed by atoms with Crippen molar-refractivity contribution in [2.45, 2.75) is 18.1 Å². The molecule has 38 heavy (non-hydrogen) atoms. The van der Waals surface area contributed by atoms with Gasteiger partial charge in [-0.25, -0.2) is 13.6 Å². The lowest BCUT2D eigenvalue weighted by Crippen LogP contribution is -2.12. The predicted octanol–water partition coefficient (Wildman–Crippen LogP) is 4.85. The van der Waals surface area contributed by atoms with Crippen LogP contribution in [0.4, 0.5) is 11.4 Å². The summed E-state index contributed by atoms with van der Waals surface area (Å²) in [7, 11) is -4.09. The lowest BCUT2D eigenvalue weighted by atomic mass is 10.2. The van der Waals surface area contributed by atoms with Crippen molar-refractivity contribution in [3.05, 3.63) is 124 Å². The minimum atomic E-state index is -4.09. The fourth-order valence-electron chi connectivity index (χ4n) is 3.42. The molecule has 4 rings (SSSR count). The van der Waals surface area contributed by atoms with Crippen LogP contribution in [-0.2, 0) is 23.2 Å². The van der Waals surface area contributed by atoms with Crippen molar-refractivity contribution in [3.8, 4) is 11.5 Å². The normalized spacial score (nSPS) is 11.3. The highest BCUT2D eigenvalue weighted by atomic mass is 32.2. The van der Waals surface area contributed by atoms with Crippen LogP contribution in [0.5, 0.6) is 11.5 Å². The number of rotatable bonds is 11. The second-order valence-corrected chi connectivity index (χ2v) is 9.67. The number of anilines is 1. The van der Waals surface area contributed by atoms with Crippen LogP contribution < -0.4 is 20.0 Å². The van der Waals surface area contributed by atoms with Gasteiger partial charge in [-0.2, -0.15) is 5.10 Å². The molecule has 0 amide bonds. The van der Waals surface area contributed by atoms with Crippen molar-refractivity contribution < 1.29 is 22.8 Å². The summed E-state index contributed by atoms with van der Waals surface area (Å²) < 4.78 is 35.1. The molecule has 0 saturated heterocycles. The molecule has 0 radical (unpaired) electrons. The van der Waals surface area contributed by atoms with Gasteiger partial charge >= 0.3 is 0 Å². The summed E-state index contributed by atoms with van der Waals surface area (Å²) in [6, 6.07) is 27.9. The number of nitrogens with zero attached hydrogens (tertiary/aromatic N) is 2. The van der Waals surface area contributed by atoms with E-state index in [0.29, 0.717) is 30.3 Å². The van der Waals surface area contributed by atoms with Gasteiger partial charge < -0.3 is 9.47 Å². The topological polar surface area (TPSA) is 146 Å². The molecule has 0 saturated carbocycles. The number of sulfonamides is 1. The lowest BCUT2D eigenvalue weighted by Gasteiger charge is -2.14. The summed E-state index contributed by atoms with van der Waals surface area (Å²) in [6.45, 7) is 0.680. The van der Waals surface area contributed by atoms with E-state index in [1.165, 1.54) is 12.3 Å². The van der Waals surface area contributed by atoms with Crippen LogP contribution in [-0.4, -0.2) is 19.6 Å². The number of nitrogens with two attached hydrogens (primary N) is 1. The molecule has 0 aliphatic carbocycles. The van der Waals surface area contributed by atoms with Crippen LogP contribution in [0.15, 0.2) is 107 Å². The molecule has 4 aromatic carbocycles. The van der Waals surface area contributed by atoms with E-state index < -0.39 is 20.6 Å². The van der Waals surface area contributed by atoms with Crippen LogP contribution in [0, 0.1) is 10.1 Å². The molecule has 11 heteroatoms. The standard InChI is InChI=1S/C27H24N4O6S/c28-38(34,35)23-12-13-24(25(16-23)31(32)33)30-29-17-22-11-14-26(36-18-20-7-3-1-4-8-20)27(15-22)37-19-21-9-5-2-6-10-21/h1-17,30H,18-19H2,(H2,28,34,35)/b29-17+. The minimum absolute atomic E-state index is 0.00187. The third kappa shape index (κ3) is 7.15. The third-order valence-electron chi connectivity index (χ3n) is 5.34. The zero-order valence-corrected chi connectivity index (χ0v) is 20.9. The molecule has 0 heterocycles. The van der Waals surface area contributed by atoms with Crippen LogP contribution in [0.25, 0.3) is 0 Å². The Hall–Kier alpha value is -4.74. The van der Waals surface area contributed by atoms with Gasteiger partial charge in [0, 0.05) is 6.07 Å². The Labute approximate surface area is 219 Å². The van der Waals surface area contributed by atoms with E-state index in [4.69, 9.17) is 14.6 Å². The number of nitro groups is 1. The molecule has 3 N–H and O–H groups in total. The van der Waals surface area contributed by atoms with E-state index in [-0.39, 0.29) is 10.6 Å². The van der Waals surface area contributed by atoms with E-state index in [9.17, 15) is 18.5 Å². The Kier molecular flexibility index (Phi) is 8.31. The number of primary sulfonamides is 1. The summed E-state index contributed by atoms with van der Waals surface area (Å²) >= 11 is 0. The summed E-state index contributed by atoms with van der Waals surface area (Å²) in [4.78, 5) is 10.3.